The largest absolute Gasteiger partial charge is 0.480 e. The Balaban J connectivity index is 1.54. The van der Waals surface area contributed by atoms with Crippen LogP contribution >= 0.6 is 11.6 Å². The van der Waals surface area contributed by atoms with E-state index in [9.17, 15) is 9.59 Å². The number of amides is 1. The molecule has 2 fully saturated rings. The summed E-state index contributed by atoms with van der Waals surface area (Å²) in [7, 11) is 0. The van der Waals surface area contributed by atoms with Crippen LogP contribution in [0.5, 0.6) is 0 Å². The quantitative estimate of drug-likeness (QED) is 0.780. The number of carboxylic acid groups (broad SMARTS) is 1. The SMILES string of the molecule is Cc1cc(Cl)c(C(=O)NC2CC(N(CC(=O)O)CC3CC3)C2)cc1C. The van der Waals surface area contributed by atoms with Crippen molar-refractivity contribution in [3.8, 4) is 0 Å². The third-order valence-electron chi connectivity index (χ3n) is 5.32. The maximum Gasteiger partial charge on any atom is 0.317 e. The monoisotopic (exact) mass is 364 g/mol. The summed E-state index contributed by atoms with van der Waals surface area (Å²) in [5.74, 6) is -0.277. The Labute approximate surface area is 153 Å². The van der Waals surface area contributed by atoms with Crippen molar-refractivity contribution >= 4 is 23.5 Å². The second-order valence-electron chi connectivity index (χ2n) is 7.48. The number of aryl methyl sites for hydroxylation is 2. The van der Waals surface area contributed by atoms with E-state index >= 15 is 0 Å². The van der Waals surface area contributed by atoms with Crippen LogP contribution in [0.15, 0.2) is 12.1 Å². The van der Waals surface area contributed by atoms with Crippen LogP contribution < -0.4 is 5.32 Å². The number of rotatable bonds is 7. The van der Waals surface area contributed by atoms with Crippen LogP contribution in [-0.4, -0.2) is 47.1 Å². The number of hydrogen-bond donors (Lipinski definition) is 2. The predicted molar refractivity (Wildman–Crippen MR) is 97.1 cm³/mol. The first-order chi connectivity index (χ1) is 11.8. The Hall–Kier alpha value is -1.59. The number of halogens is 1. The molecule has 0 unspecified atom stereocenters. The van der Waals surface area contributed by atoms with E-state index in [1.54, 1.807) is 0 Å². The molecule has 2 aliphatic rings. The van der Waals surface area contributed by atoms with Gasteiger partial charge in [-0.2, -0.15) is 0 Å². The molecule has 1 amide bonds. The molecule has 136 valence electrons. The zero-order valence-corrected chi connectivity index (χ0v) is 15.5. The van der Waals surface area contributed by atoms with Crippen molar-refractivity contribution in [1.29, 1.82) is 0 Å². The van der Waals surface area contributed by atoms with Gasteiger partial charge in [0.15, 0.2) is 0 Å². The van der Waals surface area contributed by atoms with Crippen LogP contribution in [0.1, 0.15) is 47.2 Å². The summed E-state index contributed by atoms with van der Waals surface area (Å²) < 4.78 is 0. The van der Waals surface area contributed by atoms with Crippen molar-refractivity contribution in [3.05, 3.63) is 33.8 Å². The number of nitrogens with zero attached hydrogens (tertiary/aromatic N) is 1. The molecular formula is C19H25ClN2O3. The molecule has 2 aliphatic carbocycles. The molecule has 25 heavy (non-hydrogen) atoms. The van der Waals surface area contributed by atoms with E-state index in [0.717, 1.165) is 30.5 Å². The van der Waals surface area contributed by atoms with E-state index in [1.165, 1.54) is 12.8 Å². The van der Waals surface area contributed by atoms with Gasteiger partial charge in [-0.25, -0.2) is 0 Å². The van der Waals surface area contributed by atoms with E-state index in [2.05, 4.69) is 10.2 Å². The first kappa shape index (κ1) is 18.2. The van der Waals surface area contributed by atoms with Crippen LogP contribution in [0.3, 0.4) is 0 Å². The maximum atomic E-state index is 12.5. The van der Waals surface area contributed by atoms with Gasteiger partial charge in [-0.1, -0.05) is 11.6 Å². The minimum absolute atomic E-state index is 0.0881. The fourth-order valence-corrected chi connectivity index (χ4v) is 3.67. The summed E-state index contributed by atoms with van der Waals surface area (Å²) in [4.78, 5) is 25.6. The second-order valence-corrected chi connectivity index (χ2v) is 7.89. The van der Waals surface area contributed by atoms with Crippen molar-refractivity contribution < 1.29 is 14.7 Å². The lowest BCUT2D eigenvalue weighted by atomic mass is 9.85. The fraction of sp³-hybridized carbons (Fsp3) is 0.579. The molecule has 6 heteroatoms. The molecule has 0 bridgehead atoms. The number of hydrogen-bond acceptors (Lipinski definition) is 3. The van der Waals surface area contributed by atoms with Crippen LogP contribution in [0.4, 0.5) is 0 Å². The van der Waals surface area contributed by atoms with Crippen molar-refractivity contribution in [2.45, 2.75) is 51.6 Å². The Bertz CT molecular complexity index is 681. The highest BCUT2D eigenvalue weighted by atomic mass is 35.5. The molecule has 2 N–H and O–H groups in total. The van der Waals surface area contributed by atoms with Gasteiger partial charge in [0.25, 0.3) is 5.91 Å². The van der Waals surface area contributed by atoms with Crippen LogP contribution in [-0.2, 0) is 4.79 Å². The average Bonchev–Trinajstić information content (AvgIpc) is 3.29. The summed E-state index contributed by atoms with van der Waals surface area (Å²) in [6, 6.07) is 3.98. The second kappa shape index (κ2) is 7.34. The van der Waals surface area contributed by atoms with Gasteiger partial charge in [-0.3, -0.25) is 14.5 Å². The summed E-state index contributed by atoms with van der Waals surface area (Å²) in [6.07, 6.45) is 4.00. The van der Waals surface area contributed by atoms with Gasteiger partial charge >= 0.3 is 5.97 Å². The van der Waals surface area contributed by atoms with Gasteiger partial charge in [-0.15, -0.1) is 0 Å². The van der Waals surface area contributed by atoms with Gasteiger partial charge in [0.1, 0.15) is 0 Å². The minimum atomic E-state index is -0.782. The first-order valence-corrected chi connectivity index (χ1v) is 9.24. The summed E-state index contributed by atoms with van der Waals surface area (Å²) in [5, 5.41) is 12.6. The molecule has 0 aliphatic heterocycles. The third kappa shape index (κ3) is 4.53. The standard InChI is InChI=1S/C19H25ClN2O3/c1-11-5-16(17(20)6-12(11)2)19(25)21-14-7-15(8-14)22(10-18(23)24)9-13-3-4-13/h5-6,13-15H,3-4,7-10H2,1-2H3,(H,21,25)(H,23,24). The van der Waals surface area contributed by atoms with Crippen molar-refractivity contribution in [2.24, 2.45) is 5.92 Å². The predicted octanol–water partition coefficient (Wildman–Crippen LogP) is 3.01. The van der Waals surface area contributed by atoms with E-state index in [0.29, 0.717) is 16.5 Å². The zero-order valence-electron chi connectivity index (χ0n) is 14.7. The van der Waals surface area contributed by atoms with Gasteiger partial charge in [-0.05, 0) is 68.7 Å². The van der Waals surface area contributed by atoms with Crippen LogP contribution in [0, 0.1) is 19.8 Å². The molecule has 3 rings (SSSR count). The Morgan fingerprint density at radius 2 is 1.88 bits per heavy atom. The molecule has 0 heterocycles. The summed E-state index contributed by atoms with van der Waals surface area (Å²) in [6.45, 7) is 4.88. The van der Waals surface area contributed by atoms with E-state index in [4.69, 9.17) is 16.7 Å². The average molecular weight is 365 g/mol. The Morgan fingerprint density at radius 3 is 2.48 bits per heavy atom. The number of carbonyl (C=O) groups is 2. The summed E-state index contributed by atoms with van der Waals surface area (Å²) in [5.41, 5.74) is 2.61. The lowest BCUT2D eigenvalue weighted by molar-refractivity contribution is -0.139. The van der Waals surface area contributed by atoms with Gasteiger partial charge < -0.3 is 10.4 Å². The molecule has 0 aromatic heterocycles. The molecule has 0 atom stereocenters. The van der Waals surface area contributed by atoms with Gasteiger partial charge in [0, 0.05) is 18.6 Å². The van der Waals surface area contributed by atoms with Crippen molar-refractivity contribution in [2.75, 3.05) is 13.1 Å². The normalized spacial score (nSPS) is 22.6. The third-order valence-corrected chi connectivity index (χ3v) is 5.63. The minimum Gasteiger partial charge on any atom is -0.480 e. The number of nitrogens with one attached hydrogen (secondary N) is 1. The molecule has 1 aromatic carbocycles. The molecule has 0 radical (unpaired) electrons. The lowest BCUT2D eigenvalue weighted by Crippen LogP contribution is -2.55. The smallest absolute Gasteiger partial charge is 0.317 e. The van der Waals surface area contributed by atoms with Crippen molar-refractivity contribution in [3.63, 3.8) is 0 Å². The summed E-state index contributed by atoms with van der Waals surface area (Å²) >= 11 is 6.21. The molecule has 0 saturated heterocycles. The zero-order chi connectivity index (χ0) is 18.1. The first-order valence-electron chi connectivity index (χ1n) is 8.87. The van der Waals surface area contributed by atoms with E-state index in [1.807, 2.05) is 26.0 Å². The molecule has 5 nitrogen and oxygen atoms in total. The van der Waals surface area contributed by atoms with Crippen LogP contribution in [0.25, 0.3) is 0 Å². The topological polar surface area (TPSA) is 69.6 Å². The fourth-order valence-electron chi connectivity index (χ4n) is 3.37. The maximum absolute atomic E-state index is 12.5. The van der Waals surface area contributed by atoms with Crippen molar-refractivity contribution in [1.82, 2.24) is 10.2 Å². The molecule has 0 spiro atoms. The highest BCUT2D eigenvalue weighted by Crippen LogP contribution is 2.34. The number of carbonyl (C=O) groups excluding carboxylic acids is 1. The van der Waals surface area contributed by atoms with Crippen LogP contribution in [0.2, 0.25) is 5.02 Å². The Morgan fingerprint density at radius 1 is 1.24 bits per heavy atom. The molecule has 2 saturated carbocycles. The number of carboxylic acids is 1. The highest BCUT2D eigenvalue weighted by Gasteiger charge is 2.37. The van der Waals surface area contributed by atoms with Gasteiger partial charge in [0.2, 0.25) is 0 Å². The van der Waals surface area contributed by atoms with E-state index < -0.39 is 5.97 Å². The highest BCUT2D eigenvalue weighted by molar-refractivity contribution is 6.34. The molecular weight excluding hydrogens is 340 g/mol. The Kier molecular flexibility index (Phi) is 5.35. The number of aliphatic carboxylic acids is 1. The number of benzene rings is 1. The lowest BCUT2D eigenvalue weighted by Gasteiger charge is -2.42. The van der Waals surface area contributed by atoms with E-state index in [-0.39, 0.29) is 24.5 Å². The van der Waals surface area contributed by atoms with Gasteiger partial charge in [0.05, 0.1) is 17.1 Å². The molecule has 1 aromatic rings.